The van der Waals surface area contributed by atoms with Gasteiger partial charge in [-0.15, -0.1) is 0 Å². The number of nitrogens with zero attached hydrogens (tertiary/aromatic N) is 2. The highest BCUT2D eigenvalue weighted by molar-refractivity contribution is 5.87. The molecule has 2 nitrogen and oxygen atoms in total. The van der Waals surface area contributed by atoms with E-state index in [-0.39, 0.29) is 10.8 Å². The number of para-hydroxylation sites is 1. The zero-order valence-electron chi connectivity index (χ0n) is 17.0. The lowest BCUT2D eigenvalue weighted by Crippen LogP contribution is -2.60. The molecule has 2 aliphatic heterocycles. The third-order valence-corrected chi connectivity index (χ3v) is 7.58. The number of rotatable bonds is 3. The summed E-state index contributed by atoms with van der Waals surface area (Å²) in [5.74, 6) is 0. The van der Waals surface area contributed by atoms with Crippen LogP contribution in [-0.2, 0) is 11.8 Å². The second kappa shape index (κ2) is 5.64. The summed E-state index contributed by atoms with van der Waals surface area (Å²) in [7, 11) is 2.28. The van der Waals surface area contributed by atoms with Crippen LogP contribution in [-0.4, -0.2) is 13.2 Å². The molecule has 3 atom stereocenters. The summed E-state index contributed by atoms with van der Waals surface area (Å²) in [5.41, 5.74) is 7.30. The van der Waals surface area contributed by atoms with Gasteiger partial charge in [-0.05, 0) is 48.6 Å². The van der Waals surface area contributed by atoms with E-state index in [9.17, 15) is 0 Å². The van der Waals surface area contributed by atoms with Crippen LogP contribution in [0.3, 0.4) is 0 Å². The van der Waals surface area contributed by atoms with E-state index >= 15 is 0 Å². The van der Waals surface area contributed by atoms with Crippen LogP contribution in [0.5, 0.6) is 0 Å². The first kappa shape index (κ1) is 16.9. The van der Waals surface area contributed by atoms with Crippen molar-refractivity contribution in [3.63, 3.8) is 0 Å². The van der Waals surface area contributed by atoms with Crippen molar-refractivity contribution in [1.29, 1.82) is 0 Å². The summed E-state index contributed by atoms with van der Waals surface area (Å²) < 4.78 is 0. The SMILES string of the molecule is CCCCc1ccc2c(c1)N1c3ccccc3C3(C)C=CC[C@]3(C)C1N2C. The summed E-state index contributed by atoms with van der Waals surface area (Å²) in [6.45, 7) is 7.20. The fraction of sp³-hybridized carbons (Fsp3) is 0.440. The first-order chi connectivity index (χ1) is 13.0. The number of aryl methyl sites for hydroxylation is 1. The van der Waals surface area contributed by atoms with Crippen LogP contribution in [0.15, 0.2) is 54.6 Å². The molecule has 2 unspecified atom stereocenters. The topological polar surface area (TPSA) is 6.48 Å². The molecular formula is C25H30N2. The van der Waals surface area contributed by atoms with Crippen molar-refractivity contribution in [3.8, 4) is 0 Å². The summed E-state index contributed by atoms with van der Waals surface area (Å²) >= 11 is 0. The molecule has 2 heteroatoms. The summed E-state index contributed by atoms with van der Waals surface area (Å²) in [5, 5.41) is 0. The van der Waals surface area contributed by atoms with Crippen LogP contribution in [0, 0.1) is 5.41 Å². The van der Waals surface area contributed by atoms with Crippen molar-refractivity contribution in [2.75, 3.05) is 16.8 Å². The van der Waals surface area contributed by atoms with Gasteiger partial charge in [-0.2, -0.15) is 0 Å². The molecule has 0 N–H and O–H groups in total. The van der Waals surface area contributed by atoms with Crippen LogP contribution in [0.25, 0.3) is 0 Å². The Labute approximate surface area is 163 Å². The molecule has 0 bridgehead atoms. The molecule has 0 fully saturated rings. The Balaban J connectivity index is 1.73. The van der Waals surface area contributed by atoms with Gasteiger partial charge in [0.25, 0.3) is 0 Å². The normalized spacial score (nSPS) is 30.1. The van der Waals surface area contributed by atoms with Gasteiger partial charge in [-0.1, -0.05) is 63.6 Å². The highest BCUT2D eigenvalue weighted by Crippen LogP contribution is 2.64. The Morgan fingerprint density at radius 3 is 2.67 bits per heavy atom. The minimum atomic E-state index is 0.0755. The second-order valence-corrected chi connectivity index (χ2v) is 9.02. The average Bonchev–Trinajstić information content (AvgIpc) is 3.16. The Morgan fingerprint density at radius 1 is 1.04 bits per heavy atom. The van der Waals surface area contributed by atoms with Gasteiger partial charge in [-0.3, -0.25) is 0 Å². The van der Waals surface area contributed by atoms with Crippen LogP contribution in [0.2, 0.25) is 0 Å². The highest BCUT2D eigenvalue weighted by atomic mass is 15.4. The minimum absolute atomic E-state index is 0.0755. The predicted octanol–water partition coefficient (Wildman–Crippen LogP) is 6.18. The molecule has 2 aromatic carbocycles. The van der Waals surface area contributed by atoms with E-state index in [1.165, 1.54) is 47.5 Å². The van der Waals surface area contributed by atoms with Gasteiger partial charge in [0, 0.05) is 23.6 Å². The van der Waals surface area contributed by atoms with Gasteiger partial charge in [0.2, 0.25) is 0 Å². The third-order valence-electron chi connectivity index (χ3n) is 7.58. The van der Waals surface area contributed by atoms with E-state index in [0.29, 0.717) is 6.17 Å². The largest absolute Gasteiger partial charge is 0.352 e. The molecule has 2 heterocycles. The number of hydrogen-bond acceptors (Lipinski definition) is 2. The van der Waals surface area contributed by atoms with Gasteiger partial charge in [0.15, 0.2) is 0 Å². The average molecular weight is 359 g/mol. The van der Waals surface area contributed by atoms with Gasteiger partial charge in [0.1, 0.15) is 6.17 Å². The molecule has 5 rings (SSSR count). The van der Waals surface area contributed by atoms with Gasteiger partial charge in [-0.25, -0.2) is 0 Å². The molecular weight excluding hydrogens is 328 g/mol. The maximum absolute atomic E-state index is 2.63. The molecule has 0 saturated carbocycles. The van der Waals surface area contributed by atoms with Crippen LogP contribution >= 0.6 is 0 Å². The molecule has 0 saturated heterocycles. The number of benzene rings is 2. The van der Waals surface area contributed by atoms with Gasteiger partial charge < -0.3 is 9.80 Å². The Hall–Kier alpha value is -2.22. The lowest BCUT2D eigenvalue weighted by Gasteiger charge is -2.55. The van der Waals surface area contributed by atoms with E-state index in [2.05, 4.69) is 92.2 Å². The number of allylic oxidation sites excluding steroid dienone is 2. The van der Waals surface area contributed by atoms with Crippen LogP contribution in [0.1, 0.15) is 51.2 Å². The molecule has 2 aromatic rings. The Morgan fingerprint density at radius 2 is 1.85 bits per heavy atom. The standard InChI is InChI=1S/C25H30N2/c1-5-6-10-18-13-14-21-22(17-18)27-20-12-8-7-11-19(20)24(2)15-9-16-25(24,3)23(27)26(21)4/h7-9,11-15,17,23H,5-6,10,16H2,1-4H3/t23?,24?,25-/m1/s1. The number of unbranched alkanes of at least 4 members (excludes halogenated alkanes) is 1. The van der Waals surface area contributed by atoms with E-state index in [0.717, 1.165) is 6.42 Å². The first-order valence-corrected chi connectivity index (χ1v) is 10.4. The van der Waals surface area contributed by atoms with Crippen molar-refractivity contribution in [2.45, 2.75) is 58.0 Å². The van der Waals surface area contributed by atoms with Crippen LogP contribution in [0.4, 0.5) is 17.1 Å². The summed E-state index contributed by atoms with van der Waals surface area (Å²) in [6, 6.07) is 16.2. The highest BCUT2D eigenvalue weighted by Gasteiger charge is 2.61. The van der Waals surface area contributed by atoms with E-state index in [4.69, 9.17) is 0 Å². The minimum Gasteiger partial charge on any atom is -0.352 e. The molecule has 27 heavy (non-hydrogen) atoms. The lowest BCUT2D eigenvalue weighted by molar-refractivity contribution is 0.162. The zero-order valence-corrected chi connectivity index (χ0v) is 17.0. The van der Waals surface area contributed by atoms with Crippen LogP contribution < -0.4 is 9.80 Å². The molecule has 0 aromatic heterocycles. The fourth-order valence-corrected chi connectivity index (χ4v) is 5.84. The fourth-order valence-electron chi connectivity index (χ4n) is 5.84. The van der Waals surface area contributed by atoms with Gasteiger partial charge >= 0.3 is 0 Å². The first-order valence-electron chi connectivity index (χ1n) is 10.4. The van der Waals surface area contributed by atoms with Crippen molar-refractivity contribution >= 4 is 17.1 Å². The summed E-state index contributed by atoms with van der Waals surface area (Å²) in [6.07, 6.45) is 10.0. The lowest BCUT2D eigenvalue weighted by atomic mass is 9.59. The maximum Gasteiger partial charge on any atom is 0.113 e. The molecule has 0 radical (unpaired) electrons. The second-order valence-electron chi connectivity index (χ2n) is 9.02. The molecule has 0 amide bonds. The summed E-state index contributed by atoms with van der Waals surface area (Å²) in [4.78, 5) is 5.16. The van der Waals surface area contributed by atoms with Crippen molar-refractivity contribution < 1.29 is 0 Å². The quantitative estimate of drug-likeness (QED) is 0.604. The molecule has 0 spiro atoms. The number of anilines is 3. The van der Waals surface area contributed by atoms with E-state index in [1.54, 1.807) is 0 Å². The van der Waals surface area contributed by atoms with Crippen molar-refractivity contribution in [3.05, 3.63) is 65.7 Å². The van der Waals surface area contributed by atoms with Gasteiger partial charge in [0.05, 0.1) is 11.4 Å². The molecule has 1 aliphatic carbocycles. The van der Waals surface area contributed by atoms with Crippen molar-refractivity contribution in [2.24, 2.45) is 5.41 Å². The Bertz CT molecular complexity index is 930. The number of fused-ring (bicyclic) bond motifs is 8. The molecule has 3 aliphatic rings. The zero-order chi connectivity index (χ0) is 18.8. The van der Waals surface area contributed by atoms with E-state index in [1.807, 2.05) is 0 Å². The Kier molecular flexibility index (Phi) is 3.53. The maximum atomic E-state index is 2.63. The number of hydrogen-bond donors (Lipinski definition) is 0. The smallest absolute Gasteiger partial charge is 0.113 e. The van der Waals surface area contributed by atoms with Crippen molar-refractivity contribution in [1.82, 2.24) is 0 Å². The predicted molar refractivity (Wildman–Crippen MR) is 115 cm³/mol. The third kappa shape index (κ3) is 2.02. The monoisotopic (exact) mass is 358 g/mol. The molecule has 140 valence electrons. The van der Waals surface area contributed by atoms with E-state index < -0.39 is 0 Å².